The first-order valence-electron chi connectivity index (χ1n) is 8.35. The van der Waals surface area contributed by atoms with Gasteiger partial charge in [0, 0.05) is 5.02 Å². The fourth-order valence-electron chi connectivity index (χ4n) is 2.47. The fraction of sp³-hybridized carbons (Fsp3) is 0.0500. The summed E-state index contributed by atoms with van der Waals surface area (Å²) >= 11 is 6.00. The van der Waals surface area contributed by atoms with Crippen molar-refractivity contribution in [3.05, 3.63) is 87.9 Å². The number of hydrogen-bond acceptors (Lipinski definition) is 4. The zero-order valence-corrected chi connectivity index (χ0v) is 16.7. The van der Waals surface area contributed by atoms with Gasteiger partial charge in [-0.25, -0.2) is 12.8 Å². The second kappa shape index (κ2) is 8.50. The van der Waals surface area contributed by atoms with Crippen molar-refractivity contribution < 1.29 is 22.0 Å². The third-order valence-electron chi connectivity index (χ3n) is 3.91. The molecule has 0 saturated carbocycles. The smallest absolute Gasteiger partial charge is 0.259 e. The van der Waals surface area contributed by atoms with Crippen molar-refractivity contribution >= 4 is 45.0 Å². The Morgan fingerprint density at radius 2 is 1.93 bits per heavy atom. The van der Waals surface area contributed by atoms with Gasteiger partial charge in [0.05, 0.1) is 28.6 Å². The van der Waals surface area contributed by atoms with Crippen molar-refractivity contribution in [1.29, 1.82) is 0 Å². The van der Waals surface area contributed by atoms with Crippen LogP contribution in [0, 0.1) is 12.7 Å². The maximum Gasteiger partial charge on any atom is 0.259 e. The van der Waals surface area contributed by atoms with E-state index in [1.165, 1.54) is 30.5 Å². The van der Waals surface area contributed by atoms with Gasteiger partial charge in [-0.1, -0.05) is 29.8 Å². The lowest BCUT2D eigenvalue weighted by molar-refractivity contribution is 0.102. The minimum Gasteiger partial charge on any atom is -0.469 e. The van der Waals surface area contributed by atoms with Gasteiger partial charge >= 0.3 is 0 Å². The van der Waals surface area contributed by atoms with Crippen molar-refractivity contribution in [2.75, 3.05) is 10.0 Å². The molecule has 0 aliphatic carbocycles. The second-order valence-corrected chi connectivity index (χ2v) is 7.98. The molecule has 1 heterocycles. The Balaban J connectivity index is 1.77. The van der Waals surface area contributed by atoms with Crippen molar-refractivity contribution in [3.63, 3.8) is 0 Å². The monoisotopic (exact) mass is 434 g/mol. The Kier molecular flexibility index (Phi) is 6.05. The molecule has 0 unspecified atom stereocenters. The molecule has 9 heteroatoms. The summed E-state index contributed by atoms with van der Waals surface area (Å²) in [4.78, 5) is 12.2. The molecule has 2 N–H and O–H groups in total. The van der Waals surface area contributed by atoms with Crippen LogP contribution in [0.3, 0.4) is 0 Å². The van der Waals surface area contributed by atoms with Gasteiger partial charge in [0.2, 0.25) is 0 Å². The first-order chi connectivity index (χ1) is 13.7. The standard InChI is InChI=1S/C20H16ClFN2O4S/c1-13-16(8-10-28-13)20(25)23-19-12-15(6-7-18(19)22)24-29(26,27)11-9-14-4-2-3-5-17(14)21/h2-12,24H,1H3,(H,23,25)/b11-9+. The predicted molar refractivity (Wildman–Crippen MR) is 111 cm³/mol. The Labute approximate surface area is 172 Å². The highest BCUT2D eigenvalue weighted by molar-refractivity contribution is 7.95. The molecule has 0 atom stereocenters. The van der Waals surface area contributed by atoms with E-state index in [0.717, 1.165) is 11.5 Å². The summed E-state index contributed by atoms with van der Waals surface area (Å²) in [6.07, 6.45) is 2.69. The number of anilines is 2. The zero-order chi connectivity index (χ0) is 21.0. The summed E-state index contributed by atoms with van der Waals surface area (Å²) in [5.41, 5.74) is 0.681. The summed E-state index contributed by atoms with van der Waals surface area (Å²) in [6.45, 7) is 1.60. The van der Waals surface area contributed by atoms with E-state index in [9.17, 15) is 17.6 Å². The number of rotatable bonds is 6. The second-order valence-electron chi connectivity index (χ2n) is 6.01. The number of furan rings is 1. The van der Waals surface area contributed by atoms with Gasteiger partial charge in [-0.05, 0) is 48.9 Å². The molecule has 0 radical (unpaired) electrons. The molecule has 0 saturated heterocycles. The number of nitrogens with one attached hydrogen (secondary N) is 2. The molecule has 29 heavy (non-hydrogen) atoms. The van der Waals surface area contributed by atoms with E-state index in [2.05, 4.69) is 10.0 Å². The number of amides is 1. The average molecular weight is 435 g/mol. The van der Waals surface area contributed by atoms with E-state index >= 15 is 0 Å². The molecule has 3 aromatic rings. The minimum absolute atomic E-state index is 0.0782. The van der Waals surface area contributed by atoms with Crippen LogP contribution in [0.15, 0.2) is 64.6 Å². The number of aryl methyl sites for hydroxylation is 1. The maximum atomic E-state index is 14.1. The Morgan fingerprint density at radius 1 is 1.17 bits per heavy atom. The van der Waals surface area contributed by atoms with Gasteiger partial charge in [0.15, 0.2) is 0 Å². The Bertz CT molecular complexity index is 1190. The van der Waals surface area contributed by atoms with E-state index in [0.29, 0.717) is 16.3 Å². The van der Waals surface area contributed by atoms with Crippen LogP contribution in [0.5, 0.6) is 0 Å². The molecule has 2 aromatic carbocycles. The normalized spacial score (nSPS) is 11.6. The summed E-state index contributed by atoms with van der Waals surface area (Å²) < 4.78 is 46.0. The van der Waals surface area contributed by atoms with Gasteiger partial charge < -0.3 is 9.73 Å². The molecular formula is C20H16ClFN2O4S. The van der Waals surface area contributed by atoms with E-state index < -0.39 is 21.7 Å². The lowest BCUT2D eigenvalue weighted by Crippen LogP contribution is -2.14. The number of carbonyl (C=O) groups is 1. The van der Waals surface area contributed by atoms with Crippen LogP contribution in [0.4, 0.5) is 15.8 Å². The SMILES string of the molecule is Cc1occc1C(=O)Nc1cc(NS(=O)(=O)/C=C/c2ccccc2Cl)ccc1F. The first-order valence-corrected chi connectivity index (χ1v) is 10.3. The number of sulfonamides is 1. The third-order valence-corrected chi connectivity index (χ3v) is 5.27. The molecule has 6 nitrogen and oxygen atoms in total. The molecule has 3 rings (SSSR count). The van der Waals surface area contributed by atoms with Crippen LogP contribution in [-0.2, 0) is 10.0 Å². The number of benzene rings is 2. The molecule has 0 aliphatic heterocycles. The minimum atomic E-state index is -3.90. The largest absolute Gasteiger partial charge is 0.469 e. The van der Waals surface area contributed by atoms with E-state index in [-0.39, 0.29) is 16.9 Å². The van der Waals surface area contributed by atoms with Crippen LogP contribution in [0.25, 0.3) is 6.08 Å². The van der Waals surface area contributed by atoms with Gasteiger partial charge in [-0.15, -0.1) is 0 Å². The number of carbonyl (C=O) groups excluding carboxylic acids is 1. The van der Waals surface area contributed by atoms with E-state index in [4.69, 9.17) is 16.0 Å². The summed E-state index contributed by atoms with van der Waals surface area (Å²) in [7, 11) is -3.90. The average Bonchev–Trinajstić information content (AvgIpc) is 3.10. The molecule has 0 spiro atoms. The molecular weight excluding hydrogens is 419 g/mol. The molecule has 1 aromatic heterocycles. The lowest BCUT2D eigenvalue weighted by atomic mass is 10.2. The first kappa shape index (κ1) is 20.6. The number of halogens is 2. The van der Waals surface area contributed by atoms with Crippen LogP contribution in [0.1, 0.15) is 21.7 Å². The maximum absolute atomic E-state index is 14.1. The Morgan fingerprint density at radius 3 is 2.62 bits per heavy atom. The van der Waals surface area contributed by atoms with Gasteiger partial charge in [0.1, 0.15) is 11.6 Å². The van der Waals surface area contributed by atoms with Crippen LogP contribution in [0.2, 0.25) is 5.02 Å². The third kappa shape index (κ3) is 5.24. The molecule has 1 amide bonds. The molecule has 0 fully saturated rings. The van der Waals surface area contributed by atoms with E-state index in [1.807, 2.05) is 0 Å². The lowest BCUT2D eigenvalue weighted by Gasteiger charge is -2.10. The highest BCUT2D eigenvalue weighted by Gasteiger charge is 2.15. The topological polar surface area (TPSA) is 88.4 Å². The van der Waals surface area contributed by atoms with Crippen molar-refractivity contribution in [1.82, 2.24) is 0 Å². The molecule has 0 aliphatic rings. The highest BCUT2D eigenvalue weighted by Crippen LogP contribution is 2.23. The van der Waals surface area contributed by atoms with Crippen LogP contribution < -0.4 is 10.0 Å². The van der Waals surface area contributed by atoms with E-state index in [1.54, 1.807) is 31.2 Å². The van der Waals surface area contributed by atoms with Gasteiger partial charge in [0.25, 0.3) is 15.9 Å². The molecule has 150 valence electrons. The zero-order valence-electron chi connectivity index (χ0n) is 15.1. The summed E-state index contributed by atoms with van der Waals surface area (Å²) in [5.74, 6) is -0.910. The predicted octanol–water partition coefficient (Wildman–Crippen LogP) is 5.05. The van der Waals surface area contributed by atoms with Crippen LogP contribution in [-0.4, -0.2) is 14.3 Å². The summed E-state index contributed by atoms with van der Waals surface area (Å²) in [5, 5.41) is 3.75. The van der Waals surface area contributed by atoms with Crippen molar-refractivity contribution in [2.45, 2.75) is 6.92 Å². The van der Waals surface area contributed by atoms with Crippen LogP contribution >= 0.6 is 11.6 Å². The van der Waals surface area contributed by atoms with Crippen molar-refractivity contribution in [2.24, 2.45) is 0 Å². The number of hydrogen-bond donors (Lipinski definition) is 2. The quantitative estimate of drug-likeness (QED) is 0.568. The molecule has 0 bridgehead atoms. The van der Waals surface area contributed by atoms with Gasteiger partial charge in [-0.3, -0.25) is 9.52 Å². The van der Waals surface area contributed by atoms with Crippen molar-refractivity contribution in [3.8, 4) is 0 Å². The Hall–Kier alpha value is -3.10. The summed E-state index contributed by atoms with van der Waals surface area (Å²) in [6, 6.07) is 11.7. The fourth-order valence-corrected chi connectivity index (χ4v) is 3.51. The van der Waals surface area contributed by atoms with Gasteiger partial charge in [-0.2, -0.15) is 0 Å². The highest BCUT2D eigenvalue weighted by atomic mass is 35.5.